The number of aromatic nitrogens is 1. The van der Waals surface area contributed by atoms with Crippen molar-refractivity contribution in [1.29, 1.82) is 0 Å². The van der Waals surface area contributed by atoms with Crippen molar-refractivity contribution in [3.8, 4) is 0 Å². The SMILES string of the molecule is C=C/C=C(\C=C/C(C)C(F)F)N1/C(=C/C)C(/C=C(\C=NC2CCN(C(CC)CCCC)CC2)Nc2cccnc2)=Nc2ccccc21. The van der Waals surface area contributed by atoms with E-state index in [1.54, 1.807) is 24.5 Å². The normalized spacial score (nSPS) is 19.0. The first-order valence-electron chi connectivity index (χ1n) is 17.0. The Morgan fingerprint density at radius 2 is 1.94 bits per heavy atom. The van der Waals surface area contributed by atoms with Gasteiger partial charge in [-0.05, 0) is 75.1 Å². The lowest BCUT2D eigenvalue weighted by Crippen LogP contribution is -2.42. The van der Waals surface area contributed by atoms with E-state index in [1.165, 1.54) is 38.7 Å². The lowest BCUT2D eigenvalue weighted by molar-refractivity contribution is 0.108. The topological polar surface area (TPSA) is 56.1 Å². The predicted molar refractivity (Wildman–Crippen MR) is 195 cm³/mol. The fourth-order valence-corrected chi connectivity index (χ4v) is 6.03. The number of allylic oxidation sites excluding steroid dienone is 7. The van der Waals surface area contributed by atoms with Crippen LogP contribution in [0.3, 0.4) is 0 Å². The van der Waals surface area contributed by atoms with Crippen LogP contribution < -0.4 is 10.2 Å². The molecule has 2 atom stereocenters. The molecule has 2 aliphatic heterocycles. The molecule has 1 N–H and O–H groups in total. The van der Waals surface area contributed by atoms with E-state index in [9.17, 15) is 8.78 Å². The number of halogens is 2. The molecule has 0 amide bonds. The third-order valence-corrected chi connectivity index (χ3v) is 8.70. The van der Waals surface area contributed by atoms with Crippen LogP contribution in [-0.2, 0) is 0 Å². The first-order chi connectivity index (χ1) is 22.9. The van der Waals surface area contributed by atoms with Crippen LogP contribution >= 0.6 is 0 Å². The number of hydrogen-bond donors (Lipinski definition) is 1. The molecule has 0 bridgehead atoms. The zero-order valence-electron chi connectivity index (χ0n) is 28.3. The van der Waals surface area contributed by atoms with Gasteiger partial charge in [-0.2, -0.15) is 0 Å². The van der Waals surface area contributed by atoms with E-state index in [4.69, 9.17) is 9.98 Å². The van der Waals surface area contributed by atoms with Crippen molar-refractivity contribution in [2.24, 2.45) is 15.9 Å². The molecule has 1 aromatic heterocycles. The summed E-state index contributed by atoms with van der Waals surface area (Å²) in [7, 11) is 0. The molecule has 1 aromatic carbocycles. The number of unbranched alkanes of at least 4 members (excludes halogenated alkanes) is 1. The van der Waals surface area contributed by atoms with Crippen LogP contribution in [-0.4, -0.2) is 53.4 Å². The second kappa shape index (κ2) is 18.2. The molecule has 8 heteroatoms. The highest BCUT2D eigenvalue weighted by Crippen LogP contribution is 2.39. The Balaban J connectivity index is 1.67. The van der Waals surface area contributed by atoms with Gasteiger partial charge >= 0.3 is 0 Å². The largest absolute Gasteiger partial charge is 0.353 e. The molecule has 3 heterocycles. The Kier molecular flexibility index (Phi) is 13.8. The van der Waals surface area contributed by atoms with Crippen LogP contribution in [0.15, 0.2) is 119 Å². The van der Waals surface area contributed by atoms with Gasteiger partial charge in [0.25, 0.3) is 0 Å². The Morgan fingerprint density at radius 3 is 2.60 bits per heavy atom. The molecule has 2 aromatic rings. The minimum absolute atomic E-state index is 0.241. The number of nitrogens with zero attached hydrogens (tertiary/aromatic N) is 5. The molecule has 0 aliphatic carbocycles. The van der Waals surface area contributed by atoms with Crippen molar-refractivity contribution in [3.63, 3.8) is 0 Å². The highest BCUT2D eigenvalue weighted by Gasteiger charge is 2.27. The molecule has 47 heavy (non-hydrogen) atoms. The van der Waals surface area contributed by atoms with E-state index in [0.29, 0.717) is 17.5 Å². The molecular weight excluding hydrogens is 590 g/mol. The van der Waals surface area contributed by atoms with E-state index in [-0.39, 0.29) is 6.04 Å². The first-order valence-corrected chi connectivity index (χ1v) is 17.0. The zero-order valence-corrected chi connectivity index (χ0v) is 28.3. The van der Waals surface area contributed by atoms with Gasteiger partial charge in [0.1, 0.15) is 0 Å². The molecule has 0 spiro atoms. The number of piperidine rings is 1. The Labute approximate surface area is 280 Å². The molecule has 6 nitrogen and oxygen atoms in total. The molecule has 4 rings (SSSR count). The monoisotopic (exact) mass is 640 g/mol. The number of pyridine rings is 1. The zero-order chi connectivity index (χ0) is 33.6. The fourth-order valence-electron chi connectivity index (χ4n) is 6.03. The lowest BCUT2D eigenvalue weighted by atomic mass is 9.99. The highest BCUT2D eigenvalue weighted by atomic mass is 19.3. The third kappa shape index (κ3) is 9.91. The van der Waals surface area contributed by atoms with Crippen LogP contribution in [0.1, 0.15) is 66.2 Å². The summed E-state index contributed by atoms with van der Waals surface area (Å²) < 4.78 is 26.9. The number of para-hydroxylation sites is 2. The van der Waals surface area contributed by atoms with Gasteiger partial charge < -0.3 is 15.1 Å². The summed E-state index contributed by atoms with van der Waals surface area (Å²) >= 11 is 0. The van der Waals surface area contributed by atoms with Crippen molar-refractivity contribution >= 4 is 29.0 Å². The maximum Gasteiger partial charge on any atom is 0.244 e. The quantitative estimate of drug-likeness (QED) is 0.156. The number of likely N-dealkylation sites (tertiary alicyclic amines) is 1. The van der Waals surface area contributed by atoms with E-state index >= 15 is 0 Å². The Hall–Kier alpha value is -4.17. The number of fused-ring (bicyclic) bond motifs is 1. The van der Waals surface area contributed by atoms with Crippen molar-refractivity contribution in [2.45, 2.75) is 84.7 Å². The second-order valence-corrected chi connectivity index (χ2v) is 12.1. The summed E-state index contributed by atoms with van der Waals surface area (Å²) in [5.74, 6) is -0.895. The maximum absolute atomic E-state index is 13.4. The molecule has 1 fully saturated rings. The van der Waals surface area contributed by atoms with Crippen molar-refractivity contribution in [2.75, 3.05) is 23.3 Å². The van der Waals surface area contributed by atoms with Crippen molar-refractivity contribution in [3.05, 3.63) is 109 Å². The third-order valence-electron chi connectivity index (χ3n) is 8.70. The molecule has 2 unspecified atom stereocenters. The van der Waals surface area contributed by atoms with E-state index in [0.717, 1.165) is 54.4 Å². The molecule has 250 valence electrons. The van der Waals surface area contributed by atoms with E-state index in [2.05, 4.69) is 35.6 Å². The summed E-state index contributed by atoms with van der Waals surface area (Å²) in [6, 6.07) is 12.6. The number of aliphatic imine (C=N–C) groups is 2. The van der Waals surface area contributed by atoms with Crippen LogP contribution in [0, 0.1) is 5.92 Å². The fraction of sp³-hybridized carbons (Fsp3) is 0.410. The average Bonchev–Trinajstić information content (AvgIpc) is 3.09. The van der Waals surface area contributed by atoms with E-state index < -0.39 is 12.3 Å². The Bertz CT molecular complexity index is 1480. The van der Waals surface area contributed by atoms with Crippen molar-refractivity contribution < 1.29 is 8.78 Å². The van der Waals surface area contributed by atoms with Gasteiger partial charge in [0, 0.05) is 43.2 Å². The minimum Gasteiger partial charge on any atom is -0.353 e. The van der Waals surface area contributed by atoms with Crippen LogP contribution in [0.25, 0.3) is 0 Å². The highest BCUT2D eigenvalue weighted by molar-refractivity contribution is 6.17. The molecule has 2 aliphatic rings. The molecule has 1 saturated heterocycles. The summed E-state index contributed by atoms with van der Waals surface area (Å²) in [6.45, 7) is 14.1. The molecular formula is C39H50F2N6. The summed E-state index contributed by atoms with van der Waals surface area (Å²) in [5.41, 5.74) is 5.49. The van der Waals surface area contributed by atoms with Gasteiger partial charge in [-0.25, -0.2) is 13.8 Å². The van der Waals surface area contributed by atoms with Gasteiger partial charge in [0.15, 0.2) is 0 Å². The predicted octanol–water partition coefficient (Wildman–Crippen LogP) is 9.91. The molecule has 0 radical (unpaired) electrons. The molecule has 0 saturated carbocycles. The smallest absolute Gasteiger partial charge is 0.244 e. The number of alkyl halides is 2. The van der Waals surface area contributed by atoms with Gasteiger partial charge in [0.2, 0.25) is 6.43 Å². The van der Waals surface area contributed by atoms with Gasteiger partial charge in [-0.3, -0.25) is 9.98 Å². The maximum atomic E-state index is 13.4. The van der Waals surface area contributed by atoms with Gasteiger partial charge in [-0.1, -0.05) is 70.6 Å². The van der Waals surface area contributed by atoms with Crippen LogP contribution in [0.4, 0.5) is 25.8 Å². The number of rotatable bonds is 15. The summed E-state index contributed by atoms with van der Waals surface area (Å²) in [6.07, 6.45) is 20.8. The Morgan fingerprint density at radius 1 is 1.15 bits per heavy atom. The first kappa shape index (κ1) is 35.7. The van der Waals surface area contributed by atoms with Crippen LogP contribution in [0.5, 0.6) is 0 Å². The summed E-state index contributed by atoms with van der Waals surface area (Å²) in [5, 5.41) is 3.50. The number of benzene rings is 1. The minimum atomic E-state index is -2.45. The number of anilines is 2. The van der Waals surface area contributed by atoms with E-state index in [1.807, 2.05) is 72.7 Å². The average molecular weight is 641 g/mol. The lowest BCUT2D eigenvalue weighted by Gasteiger charge is -2.36. The van der Waals surface area contributed by atoms with Crippen LogP contribution in [0.2, 0.25) is 0 Å². The number of nitrogens with one attached hydrogen (secondary N) is 1. The summed E-state index contributed by atoms with van der Waals surface area (Å²) in [4.78, 5) is 19.1. The second-order valence-electron chi connectivity index (χ2n) is 12.1. The van der Waals surface area contributed by atoms with Crippen molar-refractivity contribution in [1.82, 2.24) is 9.88 Å². The van der Waals surface area contributed by atoms with Gasteiger partial charge in [0.05, 0.1) is 46.4 Å². The standard InChI is InChI=1S/C39H50F2N6/c1-6-10-16-33(8-3)46-24-21-30(22-25-46)43-28-32(44-31-15-13-23-42-27-31)26-36-37(9-4)47(38-18-12-11-17-35(38)45-36)34(14-7-2)20-19-29(5)39(40)41/h7,9,11-15,17-20,23,26-30,33,39,44H,2,6,8,10,16,21-22,24-25H2,1,3-5H3/b20-19-,32-26+,34-14+,37-9+,43-28?. The number of hydrogen-bond acceptors (Lipinski definition) is 6. The van der Waals surface area contributed by atoms with Gasteiger partial charge in [-0.15, -0.1) is 0 Å².